The van der Waals surface area contributed by atoms with Crippen molar-refractivity contribution in [3.63, 3.8) is 0 Å². The van der Waals surface area contributed by atoms with Crippen molar-refractivity contribution in [2.45, 2.75) is 20.1 Å². The van der Waals surface area contributed by atoms with E-state index >= 15 is 0 Å². The summed E-state index contributed by atoms with van der Waals surface area (Å²) in [6, 6.07) is 24.6. The summed E-state index contributed by atoms with van der Waals surface area (Å²) in [6.45, 7) is 1.78. The molecule has 0 atom stereocenters. The number of rotatable bonds is 8. The predicted molar refractivity (Wildman–Crippen MR) is 141 cm³/mol. The van der Waals surface area contributed by atoms with E-state index in [2.05, 4.69) is 20.6 Å². The fourth-order valence-electron chi connectivity index (χ4n) is 3.77. The maximum Gasteiger partial charge on any atom is 0.246 e. The molecule has 0 unspecified atom stereocenters. The van der Waals surface area contributed by atoms with Gasteiger partial charge in [-0.25, -0.2) is 9.97 Å². The third kappa shape index (κ3) is 5.42. The molecule has 0 saturated heterocycles. The Bertz CT molecular complexity index is 1510. The van der Waals surface area contributed by atoms with Crippen molar-refractivity contribution < 1.29 is 14.3 Å². The van der Waals surface area contributed by atoms with Crippen LogP contribution >= 0.6 is 11.3 Å². The van der Waals surface area contributed by atoms with E-state index in [-0.39, 0.29) is 25.0 Å². The highest BCUT2D eigenvalue weighted by Crippen LogP contribution is 2.26. The van der Waals surface area contributed by atoms with Crippen molar-refractivity contribution in [3.05, 3.63) is 90.1 Å². The molecule has 2 N–H and O–H groups in total. The van der Waals surface area contributed by atoms with Crippen molar-refractivity contribution in [2.75, 3.05) is 10.6 Å². The van der Waals surface area contributed by atoms with Gasteiger partial charge in [-0.15, -0.1) is 11.3 Å². The van der Waals surface area contributed by atoms with E-state index in [0.717, 1.165) is 33.7 Å². The van der Waals surface area contributed by atoms with Gasteiger partial charge in [-0.05, 0) is 36.4 Å². The van der Waals surface area contributed by atoms with Crippen LogP contribution in [0, 0.1) is 0 Å². The second-order valence-corrected chi connectivity index (χ2v) is 8.91. The van der Waals surface area contributed by atoms with Crippen LogP contribution in [0.3, 0.4) is 0 Å². The number of thiazole rings is 1. The standard InChI is InChI=1S/C27H23N5O3S/c1-18(33)28-20-13-11-19(12-14-20)23-17-36-27(30-23)31-26(34)15-32-24-10-6-5-9-22(24)29-25(32)16-35-21-7-3-2-4-8-21/h2-14,17H,15-16H2,1H3,(H,28,33)(H,30,31,34). The average molecular weight is 498 g/mol. The molecule has 5 aromatic rings. The third-order valence-corrected chi connectivity index (χ3v) is 6.16. The molecule has 2 aromatic heterocycles. The van der Waals surface area contributed by atoms with E-state index in [4.69, 9.17) is 4.74 Å². The molecule has 0 aliphatic heterocycles. The number of carbonyl (C=O) groups is 2. The number of anilines is 2. The molecule has 5 rings (SSSR count). The van der Waals surface area contributed by atoms with Gasteiger partial charge < -0.3 is 19.9 Å². The van der Waals surface area contributed by atoms with Crippen molar-refractivity contribution in [3.8, 4) is 17.0 Å². The lowest BCUT2D eigenvalue weighted by atomic mass is 10.1. The van der Waals surface area contributed by atoms with Gasteiger partial charge in [0.1, 0.15) is 24.7 Å². The molecule has 2 amide bonds. The van der Waals surface area contributed by atoms with Crippen molar-refractivity contribution in [2.24, 2.45) is 0 Å². The Balaban J connectivity index is 1.29. The first-order valence-electron chi connectivity index (χ1n) is 11.3. The number of hydrogen-bond donors (Lipinski definition) is 2. The summed E-state index contributed by atoms with van der Waals surface area (Å²) in [4.78, 5) is 33.4. The maximum absolute atomic E-state index is 13.0. The monoisotopic (exact) mass is 497 g/mol. The van der Waals surface area contributed by atoms with Gasteiger partial charge in [0.15, 0.2) is 5.13 Å². The average Bonchev–Trinajstić information content (AvgIpc) is 3.48. The lowest BCUT2D eigenvalue weighted by Crippen LogP contribution is -2.20. The lowest BCUT2D eigenvalue weighted by molar-refractivity contribution is -0.117. The molecular weight excluding hydrogens is 474 g/mol. The largest absolute Gasteiger partial charge is 0.486 e. The zero-order chi connectivity index (χ0) is 24.9. The van der Waals surface area contributed by atoms with E-state index in [1.165, 1.54) is 18.3 Å². The Labute approximate surface area is 211 Å². The minimum Gasteiger partial charge on any atom is -0.486 e. The van der Waals surface area contributed by atoms with Gasteiger partial charge in [0.2, 0.25) is 11.8 Å². The molecule has 0 aliphatic rings. The highest BCUT2D eigenvalue weighted by atomic mass is 32.1. The molecule has 9 heteroatoms. The molecule has 0 spiro atoms. The topological polar surface area (TPSA) is 98.1 Å². The van der Waals surface area contributed by atoms with Crippen LogP contribution < -0.4 is 15.4 Å². The number of fused-ring (bicyclic) bond motifs is 1. The normalized spacial score (nSPS) is 10.8. The van der Waals surface area contributed by atoms with E-state index < -0.39 is 0 Å². The summed E-state index contributed by atoms with van der Waals surface area (Å²) in [6.07, 6.45) is 0. The van der Waals surface area contributed by atoms with Gasteiger partial charge in [-0.1, -0.05) is 42.5 Å². The number of hydrogen-bond acceptors (Lipinski definition) is 6. The zero-order valence-corrected chi connectivity index (χ0v) is 20.3. The minimum absolute atomic E-state index is 0.0777. The molecule has 0 bridgehead atoms. The maximum atomic E-state index is 13.0. The van der Waals surface area contributed by atoms with Gasteiger partial charge in [0.05, 0.1) is 16.7 Å². The summed E-state index contributed by atoms with van der Waals surface area (Å²) >= 11 is 1.35. The van der Waals surface area contributed by atoms with Gasteiger partial charge in [-0.2, -0.15) is 0 Å². The molecule has 0 radical (unpaired) electrons. The fraction of sp³-hybridized carbons (Fsp3) is 0.111. The SMILES string of the molecule is CC(=O)Nc1ccc(-c2csc(NC(=O)Cn3c(COc4ccccc4)nc4ccccc43)n2)cc1. The molecular formula is C27H23N5O3S. The van der Waals surface area contributed by atoms with Gasteiger partial charge in [0.25, 0.3) is 0 Å². The molecule has 36 heavy (non-hydrogen) atoms. The summed E-state index contributed by atoms with van der Waals surface area (Å²) in [7, 11) is 0. The van der Waals surface area contributed by atoms with Crippen molar-refractivity contribution >= 4 is 45.0 Å². The van der Waals surface area contributed by atoms with Crippen LogP contribution in [-0.2, 0) is 22.7 Å². The second-order valence-electron chi connectivity index (χ2n) is 8.05. The van der Waals surface area contributed by atoms with Crippen LogP contribution in [0.15, 0.2) is 84.2 Å². The first kappa shape index (κ1) is 23.3. The van der Waals surface area contributed by atoms with Crippen LogP contribution in [-0.4, -0.2) is 26.3 Å². The summed E-state index contributed by atoms with van der Waals surface area (Å²) < 4.78 is 7.76. The molecule has 2 heterocycles. The molecule has 0 fully saturated rings. The number of aromatic nitrogens is 3. The number of para-hydroxylation sites is 3. The van der Waals surface area contributed by atoms with E-state index in [1.54, 1.807) is 0 Å². The number of nitrogens with zero attached hydrogens (tertiary/aromatic N) is 3. The molecule has 0 saturated carbocycles. The van der Waals surface area contributed by atoms with Crippen molar-refractivity contribution in [1.82, 2.24) is 14.5 Å². The van der Waals surface area contributed by atoms with Crippen LogP contribution in [0.4, 0.5) is 10.8 Å². The summed E-state index contributed by atoms with van der Waals surface area (Å²) in [5, 5.41) is 8.03. The zero-order valence-electron chi connectivity index (χ0n) is 19.5. The van der Waals surface area contributed by atoms with Crippen molar-refractivity contribution in [1.29, 1.82) is 0 Å². The number of nitrogens with one attached hydrogen (secondary N) is 2. The number of ether oxygens (including phenoxy) is 1. The van der Waals surface area contributed by atoms with Gasteiger partial charge in [0, 0.05) is 23.6 Å². The molecule has 3 aromatic carbocycles. The second kappa shape index (κ2) is 10.4. The Morgan fingerprint density at radius 2 is 1.67 bits per heavy atom. The lowest BCUT2D eigenvalue weighted by Gasteiger charge is -2.10. The summed E-state index contributed by atoms with van der Waals surface area (Å²) in [5.41, 5.74) is 4.01. The molecule has 180 valence electrons. The van der Waals surface area contributed by atoms with Gasteiger partial charge in [-0.3, -0.25) is 9.59 Å². The van der Waals surface area contributed by atoms with E-state index in [9.17, 15) is 9.59 Å². The molecule has 8 nitrogen and oxygen atoms in total. The Morgan fingerprint density at radius 1 is 0.917 bits per heavy atom. The van der Waals surface area contributed by atoms with E-state index in [1.807, 2.05) is 88.8 Å². The van der Waals surface area contributed by atoms with E-state index in [0.29, 0.717) is 11.0 Å². The van der Waals surface area contributed by atoms with Crippen LogP contribution in [0.25, 0.3) is 22.3 Å². The Hall–Kier alpha value is -4.50. The van der Waals surface area contributed by atoms with Gasteiger partial charge >= 0.3 is 0 Å². The third-order valence-electron chi connectivity index (χ3n) is 5.40. The number of benzene rings is 3. The van der Waals surface area contributed by atoms with Crippen LogP contribution in [0.1, 0.15) is 12.7 Å². The predicted octanol–water partition coefficient (Wildman–Crippen LogP) is 5.34. The quantitative estimate of drug-likeness (QED) is 0.302. The highest BCUT2D eigenvalue weighted by Gasteiger charge is 2.16. The summed E-state index contributed by atoms with van der Waals surface area (Å²) in [5.74, 6) is 1.07. The fourth-order valence-corrected chi connectivity index (χ4v) is 4.51. The molecule has 0 aliphatic carbocycles. The minimum atomic E-state index is -0.207. The number of imidazole rings is 1. The highest BCUT2D eigenvalue weighted by molar-refractivity contribution is 7.14. The number of carbonyl (C=O) groups excluding carboxylic acids is 2. The first-order valence-corrected chi connectivity index (χ1v) is 12.2. The number of amides is 2. The smallest absolute Gasteiger partial charge is 0.246 e. The Kier molecular flexibility index (Phi) is 6.72. The van der Waals surface area contributed by atoms with Crippen LogP contribution in [0.2, 0.25) is 0 Å². The first-order chi connectivity index (χ1) is 17.5. The van der Waals surface area contributed by atoms with Crippen LogP contribution in [0.5, 0.6) is 5.75 Å². The Morgan fingerprint density at radius 3 is 2.44 bits per heavy atom.